The summed E-state index contributed by atoms with van der Waals surface area (Å²) in [7, 11) is 1.61. The number of benzene rings is 1. The van der Waals surface area contributed by atoms with E-state index in [1.165, 1.54) is 0 Å². The summed E-state index contributed by atoms with van der Waals surface area (Å²) in [5, 5.41) is 0. The molecule has 0 aromatic heterocycles. The van der Waals surface area contributed by atoms with E-state index in [-0.39, 0.29) is 18.0 Å². The molecule has 1 aromatic rings. The molecule has 0 aliphatic carbocycles. The molecule has 0 unspecified atom stereocenters. The minimum atomic E-state index is -0.613. The standard InChI is InChI=1S/C15H20O3/c1-10-8-11(6-7-13(10)18-5)9-12(16)14(17)15(2,3)4/h6-8H,9H2,1-5H3. The van der Waals surface area contributed by atoms with E-state index >= 15 is 0 Å². The van der Waals surface area contributed by atoms with E-state index in [9.17, 15) is 9.59 Å². The van der Waals surface area contributed by atoms with Crippen molar-refractivity contribution in [3.05, 3.63) is 29.3 Å². The van der Waals surface area contributed by atoms with Gasteiger partial charge in [-0.2, -0.15) is 0 Å². The SMILES string of the molecule is COc1ccc(CC(=O)C(=O)C(C)(C)C)cc1C. The summed E-state index contributed by atoms with van der Waals surface area (Å²) < 4.78 is 5.15. The average Bonchev–Trinajstić information content (AvgIpc) is 2.27. The van der Waals surface area contributed by atoms with Gasteiger partial charge in [0.1, 0.15) is 5.75 Å². The van der Waals surface area contributed by atoms with Crippen LogP contribution in [0.2, 0.25) is 0 Å². The number of methoxy groups -OCH3 is 1. The fraction of sp³-hybridized carbons (Fsp3) is 0.467. The minimum Gasteiger partial charge on any atom is -0.496 e. The zero-order valence-electron chi connectivity index (χ0n) is 11.7. The van der Waals surface area contributed by atoms with Crippen molar-refractivity contribution in [3.8, 4) is 5.75 Å². The predicted octanol–water partition coefficient (Wildman–Crippen LogP) is 2.73. The second kappa shape index (κ2) is 5.34. The molecular formula is C15H20O3. The van der Waals surface area contributed by atoms with Crippen molar-refractivity contribution in [2.45, 2.75) is 34.1 Å². The summed E-state index contributed by atoms with van der Waals surface area (Å²) in [5.41, 5.74) is 1.19. The predicted molar refractivity (Wildman–Crippen MR) is 70.9 cm³/mol. The van der Waals surface area contributed by atoms with E-state index in [0.717, 1.165) is 16.9 Å². The van der Waals surface area contributed by atoms with Crippen LogP contribution < -0.4 is 4.74 Å². The number of ether oxygens (including phenoxy) is 1. The maximum atomic E-state index is 11.8. The Morgan fingerprint density at radius 3 is 2.28 bits per heavy atom. The highest BCUT2D eigenvalue weighted by Crippen LogP contribution is 2.20. The second-order valence-corrected chi connectivity index (χ2v) is 5.48. The highest BCUT2D eigenvalue weighted by molar-refractivity contribution is 6.39. The van der Waals surface area contributed by atoms with Gasteiger partial charge in [-0.1, -0.05) is 32.9 Å². The molecule has 3 heteroatoms. The van der Waals surface area contributed by atoms with E-state index in [1.54, 1.807) is 27.9 Å². The molecule has 0 heterocycles. The molecule has 3 nitrogen and oxygen atoms in total. The summed E-state index contributed by atoms with van der Waals surface area (Å²) in [6.07, 6.45) is 0.154. The van der Waals surface area contributed by atoms with Gasteiger partial charge in [-0.05, 0) is 24.1 Å². The Labute approximate surface area is 108 Å². The quantitative estimate of drug-likeness (QED) is 0.769. The number of carbonyl (C=O) groups excluding carboxylic acids is 2. The van der Waals surface area contributed by atoms with Crippen LogP contribution in [0.4, 0.5) is 0 Å². The normalized spacial score (nSPS) is 11.2. The molecule has 1 rings (SSSR count). The van der Waals surface area contributed by atoms with Gasteiger partial charge in [-0.25, -0.2) is 0 Å². The third-order valence-electron chi connectivity index (χ3n) is 2.76. The van der Waals surface area contributed by atoms with Crippen LogP contribution in [0.3, 0.4) is 0 Å². The summed E-state index contributed by atoms with van der Waals surface area (Å²) >= 11 is 0. The van der Waals surface area contributed by atoms with E-state index < -0.39 is 5.41 Å². The molecule has 0 spiro atoms. The van der Waals surface area contributed by atoms with Crippen molar-refractivity contribution >= 4 is 11.6 Å². The molecule has 18 heavy (non-hydrogen) atoms. The molecule has 0 amide bonds. The fourth-order valence-corrected chi connectivity index (χ4v) is 1.73. The van der Waals surface area contributed by atoms with Crippen LogP contribution in [0.25, 0.3) is 0 Å². The average molecular weight is 248 g/mol. The topological polar surface area (TPSA) is 43.4 Å². The maximum Gasteiger partial charge on any atom is 0.204 e. The van der Waals surface area contributed by atoms with Crippen LogP contribution in [0.5, 0.6) is 5.75 Å². The number of hydrogen-bond donors (Lipinski definition) is 0. The molecule has 0 aliphatic rings. The molecule has 1 aromatic carbocycles. The zero-order valence-corrected chi connectivity index (χ0v) is 11.7. The molecule has 0 aliphatic heterocycles. The maximum absolute atomic E-state index is 11.8. The first-order valence-corrected chi connectivity index (χ1v) is 5.97. The lowest BCUT2D eigenvalue weighted by atomic mass is 9.86. The van der Waals surface area contributed by atoms with E-state index in [0.29, 0.717) is 0 Å². The van der Waals surface area contributed by atoms with Gasteiger partial charge in [0.15, 0.2) is 0 Å². The van der Waals surface area contributed by atoms with Crippen molar-refractivity contribution in [2.75, 3.05) is 7.11 Å². The van der Waals surface area contributed by atoms with E-state index in [2.05, 4.69) is 0 Å². The summed E-state index contributed by atoms with van der Waals surface area (Å²) in [4.78, 5) is 23.6. The second-order valence-electron chi connectivity index (χ2n) is 5.48. The summed E-state index contributed by atoms with van der Waals surface area (Å²) in [6.45, 7) is 7.18. The summed E-state index contributed by atoms with van der Waals surface area (Å²) in [5.74, 6) is 0.122. The van der Waals surface area contributed by atoms with Crippen molar-refractivity contribution in [1.29, 1.82) is 0 Å². The monoisotopic (exact) mass is 248 g/mol. The molecule has 0 atom stereocenters. The van der Waals surface area contributed by atoms with Crippen LogP contribution in [0, 0.1) is 12.3 Å². The number of ketones is 2. The van der Waals surface area contributed by atoms with Crippen molar-refractivity contribution < 1.29 is 14.3 Å². The Balaban J connectivity index is 2.83. The molecule has 98 valence electrons. The Kier molecular flexibility index (Phi) is 4.28. The molecular weight excluding hydrogens is 228 g/mol. The number of carbonyl (C=O) groups is 2. The Morgan fingerprint density at radius 2 is 1.83 bits per heavy atom. The third-order valence-corrected chi connectivity index (χ3v) is 2.76. The number of Topliss-reactive ketones (excluding diaryl/α,β-unsaturated/α-hetero) is 2. The lowest BCUT2D eigenvalue weighted by Gasteiger charge is -2.15. The van der Waals surface area contributed by atoms with Gasteiger partial charge < -0.3 is 4.74 Å². The van der Waals surface area contributed by atoms with Crippen molar-refractivity contribution in [1.82, 2.24) is 0 Å². The Morgan fingerprint density at radius 1 is 1.22 bits per heavy atom. The van der Waals surface area contributed by atoms with Gasteiger partial charge in [0.2, 0.25) is 11.6 Å². The van der Waals surface area contributed by atoms with Gasteiger partial charge in [-0.15, -0.1) is 0 Å². The Bertz CT molecular complexity index is 467. The van der Waals surface area contributed by atoms with Crippen molar-refractivity contribution in [2.24, 2.45) is 5.41 Å². The molecule has 0 radical (unpaired) electrons. The first kappa shape index (κ1) is 14.4. The number of hydrogen-bond acceptors (Lipinski definition) is 3. The molecule has 0 N–H and O–H groups in total. The van der Waals surface area contributed by atoms with Crippen molar-refractivity contribution in [3.63, 3.8) is 0 Å². The van der Waals surface area contributed by atoms with Gasteiger partial charge in [-0.3, -0.25) is 9.59 Å². The molecule has 0 saturated carbocycles. The van der Waals surface area contributed by atoms with Gasteiger partial charge in [0, 0.05) is 11.8 Å². The van der Waals surface area contributed by atoms with Gasteiger partial charge >= 0.3 is 0 Å². The van der Waals surface area contributed by atoms with Crippen LogP contribution >= 0.6 is 0 Å². The molecule has 0 fully saturated rings. The molecule has 0 bridgehead atoms. The van der Waals surface area contributed by atoms with Crippen LogP contribution in [0.1, 0.15) is 31.9 Å². The first-order chi connectivity index (χ1) is 8.25. The fourth-order valence-electron chi connectivity index (χ4n) is 1.73. The highest BCUT2D eigenvalue weighted by atomic mass is 16.5. The minimum absolute atomic E-state index is 0.154. The zero-order chi connectivity index (χ0) is 13.9. The molecule has 0 saturated heterocycles. The largest absolute Gasteiger partial charge is 0.496 e. The lowest BCUT2D eigenvalue weighted by molar-refractivity contribution is -0.140. The first-order valence-electron chi connectivity index (χ1n) is 5.97. The Hall–Kier alpha value is -1.64. The lowest BCUT2D eigenvalue weighted by Crippen LogP contribution is -2.29. The summed E-state index contributed by atoms with van der Waals surface area (Å²) in [6, 6.07) is 5.52. The number of aryl methyl sites for hydroxylation is 1. The third kappa shape index (κ3) is 3.42. The van der Waals surface area contributed by atoms with E-state index in [1.807, 2.05) is 25.1 Å². The van der Waals surface area contributed by atoms with Gasteiger partial charge in [0.05, 0.1) is 7.11 Å². The highest BCUT2D eigenvalue weighted by Gasteiger charge is 2.27. The number of rotatable bonds is 4. The van der Waals surface area contributed by atoms with Crippen LogP contribution in [-0.2, 0) is 16.0 Å². The van der Waals surface area contributed by atoms with Gasteiger partial charge in [0.25, 0.3) is 0 Å². The van der Waals surface area contributed by atoms with E-state index in [4.69, 9.17) is 4.74 Å². The smallest absolute Gasteiger partial charge is 0.204 e. The van der Waals surface area contributed by atoms with Crippen LogP contribution in [-0.4, -0.2) is 18.7 Å². The van der Waals surface area contributed by atoms with Crippen LogP contribution in [0.15, 0.2) is 18.2 Å².